The van der Waals surface area contributed by atoms with Crippen molar-refractivity contribution in [3.05, 3.63) is 18.2 Å². The number of rotatable bonds is 6. The molecule has 1 heterocycles. The fraction of sp³-hybridized carbons (Fsp3) is 0.500. The molecule has 0 unspecified atom stereocenters. The molecule has 0 bridgehead atoms. The predicted molar refractivity (Wildman–Crippen MR) is 58.3 cm³/mol. The van der Waals surface area contributed by atoms with E-state index in [1.807, 2.05) is 0 Å². The van der Waals surface area contributed by atoms with Crippen LogP contribution in [0.25, 0.3) is 0 Å². The minimum atomic E-state index is -0.202. The number of carbonyl (C=O) groups is 1. The van der Waals surface area contributed by atoms with E-state index in [0.717, 1.165) is 5.69 Å². The number of aromatic nitrogens is 2. The van der Waals surface area contributed by atoms with Gasteiger partial charge in [-0.2, -0.15) is 0 Å². The number of imidazole rings is 1. The van der Waals surface area contributed by atoms with Gasteiger partial charge in [0.25, 0.3) is 0 Å². The lowest BCUT2D eigenvalue weighted by Crippen LogP contribution is -2.28. The smallest absolute Gasteiger partial charge is 0.324 e. The number of nitrogens with zero attached hydrogens (tertiary/aromatic N) is 1. The maximum Gasteiger partial charge on any atom is 0.324 e. The Kier molecular flexibility index (Phi) is 5.64. The Morgan fingerprint density at radius 2 is 2.60 bits per heavy atom. The second-order valence-corrected chi connectivity index (χ2v) is 3.54. The summed E-state index contributed by atoms with van der Waals surface area (Å²) in [6, 6.07) is -0.202. The lowest BCUT2D eigenvalue weighted by molar-refractivity contribution is 0.134. The first kappa shape index (κ1) is 11.9. The van der Waals surface area contributed by atoms with Crippen LogP contribution in [0.5, 0.6) is 0 Å². The number of hydrogen-bond acceptors (Lipinski definition) is 4. The SMILES string of the molecule is CNC(=O)NSCCOCc1c[nH]cn1. The predicted octanol–water partition coefficient (Wildman–Crippen LogP) is 0.503. The number of amides is 2. The molecule has 0 atom stereocenters. The van der Waals surface area contributed by atoms with Crippen molar-refractivity contribution in [3.8, 4) is 0 Å². The van der Waals surface area contributed by atoms with E-state index < -0.39 is 0 Å². The van der Waals surface area contributed by atoms with E-state index in [1.165, 1.54) is 11.9 Å². The molecule has 15 heavy (non-hydrogen) atoms. The maximum atomic E-state index is 10.7. The zero-order chi connectivity index (χ0) is 10.9. The van der Waals surface area contributed by atoms with Crippen molar-refractivity contribution in [2.45, 2.75) is 6.61 Å². The minimum absolute atomic E-state index is 0.202. The Morgan fingerprint density at radius 3 is 3.27 bits per heavy atom. The Morgan fingerprint density at radius 1 is 1.73 bits per heavy atom. The summed E-state index contributed by atoms with van der Waals surface area (Å²) in [5.41, 5.74) is 0.874. The highest BCUT2D eigenvalue weighted by Crippen LogP contribution is 1.97. The first-order valence-corrected chi connectivity index (χ1v) is 5.46. The molecule has 0 aromatic carbocycles. The van der Waals surface area contributed by atoms with Gasteiger partial charge in [0, 0.05) is 19.0 Å². The summed E-state index contributed by atoms with van der Waals surface area (Å²) in [4.78, 5) is 17.6. The van der Waals surface area contributed by atoms with Gasteiger partial charge in [0.2, 0.25) is 0 Å². The Bertz CT molecular complexity index is 278. The molecule has 1 aromatic rings. The van der Waals surface area contributed by atoms with Crippen LogP contribution in [0.3, 0.4) is 0 Å². The maximum absolute atomic E-state index is 10.7. The number of carbonyl (C=O) groups excluding carboxylic acids is 1. The van der Waals surface area contributed by atoms with E-state index in [0.29, 0.717) is 19.0 Å². The molecule has 7 heteroatoms. The molecule has 0 aliphatic rings. The highest BCUT2D eigenvalue weighted by molar-refractivity contribution is 7.97. The molecule has 84 valence electrons. The van der Waals surface area contributed by atoms with Crippen LogP contribution < -0.4 is 10.0 Å². The molecule has 0 radical (unpaired) electrons. The number of aromatic amines is 1. The summed E-state index contributed by atoms with van der Waals surface area (Å²) in [5, 5.41) is 2.45. The van der Waals surface area contributed by atoms with E-state index in [9.17, 15) is 4.79 Å². The third-order valence-corrected chi connectivity index (χ3v) is 2.23. The summed E-state index contributed by atoms with van der Waals surface area (Å²) in [7, 11) is 1.57. The normalized spacial score (nSPS) is 9.93. The van der Waals surface area contributed by atoms with Crippen LogP contribution in [-0.4, -0.2) is 35.4 Å². The van der Waals surface area contributed by atoms with Gasteiger partial charge in [-0.05, 0) is 11.9 Å². The van der Waals surface area contributed by atoms with Crippen molar-refractivity contribution < 1.29 is 9.53 Å². The summed E-state index contributed by atoms with van der Waals surface area (Å²) in [5.74, 6) is 0.706. The third kappa shape index (κ3) is 5.28. The number of urea groups is 1. The van der Waals surface area contributed by atoms with E-state index in [4.69, 9.17) is 4.74 Å². The number of H-pyrrole nitrogens is 1. The molecule has 0 aliphatic carbocycles. The molecule has 6 nitrogen and oxygen atoms in total. The monoisotopic (exact) mass is 230 g/mol. The number of nitrogens with one attached hydrogen (secondary N) is 3. The van der Waals surface area contributed by atoms with Gasteiger partial charge in [-0.15, -0.1) is 0 Å². The molecular weight excluding hydrogens is 216 g/mol. The van der Waals surface area contributed by atoms with Gasteiger partial charge in [0.05, 0.1) is 25.2 Å². The van der Waals surface area contributed by atoms with Gasteiger partial charge in [0.1, 0.15) is 0 Å². The first-order valence-electron chi connectivity index (χ1n) is 4.48. The Balaban J connectivity index is 1.91. The van der Waals surface area contributed by atoms with Crippen LogP contribution in [-0.2, 0) is 11.3 Å². The van der Waals surface area contributed by atoms with Crippen molar-refractivity contribution in [2.24, 2.45) is 0 Å². The quantitative estimate of drug-likeness (QED) is 0.491. The second-order valence-electron chi connectivity index (χ2n) is 2.64. The molecule has 0 spiro atoms. The largest absolute Gasteiger partial charge is 0.374 e. The highest BCUT2D eigenvalue weighted by atomic mass is 32.2. The first-order chi connectivity index (χ1) is 7.33. The average Bonchev–Trinajstić information content (AvgIpc) is 2.75. The van der Waals surface area contributed by atoms with Gasteiger partial charge < -0.3 is 15.0 Å². The fourth-order valence-electron chi connectivity index (χ4n) is 0.815. The second kappa shape index (κ2) is 7.13. The molecule has 3 N–H and O–H groups in total. The van der Waals surface area contributed by atoms with Gasteiger partial charge in [0.15, 0.2) is 0 Å². The van der Waals surface area contributed by atoms with Crippen LogP contribution in [0.4, 0.5) is 4.79 Å². The summed E-state index contributed by atoms with van der Waals surface area (Å²) in [6.07, 6.45) is 3.40. The summed E-state index contributed by atoms with van der Waals surface area (Å²) >= 11 is 1.31. The van der Waals surface area contributed by atoms with E-state index in [1.54, 1.807) is 19.6 Å². The number of ether oxygens (including phenoxy) is 1. The van der Waals surface area contributed by atoms with Crippen molar-refractivity contribution in [1.29, 1.82) is 0 Å². The van der Waals surface area contributed by atoms with Gasteiger partial charge in [-0.25, -0.2) is 9.78 Å². The van der Waals surface area contributed by atoms with Crippen molar-refractivity contribution in [1.82, 2.24) is 20.0 Å². The van der Waals surface area contributed by atoms with E-state index in [2.05, 4.69) is 20.0 Å². The Hall–Kier alpha value is -1.21. The zero-order valence-electron chi connectivity index (χ0n) is 8.45. The molecule has 0 saturated heterocycles. The molecule has 0 fully saturated rings. The molecule has 0 aliphatic heterocycles. The lowest BCUT2D eigenvalue weighted by atomic mass is 10.5. The van der Waals surface area contributed by atoms with Crippen LogP contribution in [0, 0.1) is 0 Å². The fourth-order valence-corrected chi connectivity index (χ4v) is 1.35. The lowest BCUT2D eigenvalue weighted by Gasteiger charge is -2.03. The molecule has 2 amide bonds. The van der Waals surface area contributed by atoms with Gasteiger partial charge >= 0.3 is 6.03 Å². The Labute approximate surface area is 92.3 Å². The molecular formula is C8H14N4O2S. The standard InChI is InChI=1S/C8H14N4O2S/c1-9-8(13)12-15-3-2-14-5-7-4-10-6-11-7/h4,6H,2-3,5H2,1H3,(H,10,11)(H2,9,12,13). The van der Waals surface area contributed by atoms with E-state index >= 15 is 0 Å². The average molecular weight is 230 g/mol. The zero-order valence-corrected chi connectivity index (χ0v) is 9.26. The summed E-state index contributed by atoms with van der Waals surface area (Å²) < 4.78 is 7.91. The topological polar surface area (TPSA) is 79.0 Å². The number of hydrogen-bond donors (Lipinski definition) is 3. The minimum Gasteiger partial charge on any atom is -0.374 e. The van der Waals surface area contributed by atoms with Crippen molar-refractivity contribution in [2.75, 3.05) is 19.4 Å². The van der Waals surface area contributed by atoms with Crippen LogP contribution in [0.15, 0.2) is 12.5 Å². The van der Waals surface area contributed by atoms with Crippen LogP contribution in [0.1, 0.15) is 5.69 Å². The van der Waals surface area contributed by atoms with Crippen LogP contribution in [0.2, 0.25) is 0 Å². The van der Waals surface area contributed by atoms with Crippen molar-refractivity contribution in [3.63, 3.8) is 0 Å². The third-order valence-electron chi connectivity index (χ3n) is 1.53. The highest BCUT2D eigenvalue weighted by Gasteiger charge is 1.96. The van der Waals surface area contributed by atoms with Gasteiger partial charge in [-0.1, -0.05) is 0 Å². The van der Waals surface area contributed by atoms with E-state index in [-0.39, 0.29) is 6.03 Å². The van der Waals surface area contributed by atoms with Crippen molar-refractivity contribution >= 4 is 18.0 Å². The molecule has 1 rings (SSSR count). The molecule has 0 saturated carbocycles. The van der Waals surface area contributed by atoms with Crippen LogP contribution >= 0.6 is 11.9 Å². The molecule has 1 aromatic heterocycles. The van der Waals surface area contributed by atoms with Gasteiger partial charge in [-0.3, -0.25) is 4.72 Å². The summed E-state index contributed by atoms with van der Waals surface area (Å²) in [6.45, 7) is 1.06.